The number of aromatic nitrogens is 2. The van der Waals surface area contributed by atoms with Gasteiger partial charge in [0.1, 0.15) is 6.29 Å². The number of carbonyl (C=O) groups excluding carboxylic acids is 3. The highest BCUT2D eigenvalue weighted by Gasteiger charge is 2.22. The van der Waals surface area contributed by atoms with Gasteiger partial charge in [0.2, 0.25) is 0 Å². The molecule has 0 radical (unpaired) electrons. The largest absolute Gasteiger partial charge is 0.466 e. The summed E-state index contributed by atoms with van der Waals surface area (Å²) < 4.78 is 12.9. The lowest BCUT2D eigenvalue weighted by Gasteiger charge is -2.18. The van der Waals surface area contributed by atoms with Crippen LogP contribution in [0.4, 0.5) is 0 Å². The molecule has 8 nitrogen and oxygen atoms in total. The van der Waals surface area contributed by atoms with E-state index in [0.29, 0.717) is 24.5 Å². The molecule has 2 unspecified atom stereocenters. The molecule has 2 N–H and O–H groups in total. The highest BCUT2D eigenvalue weighted by molar-refractivity contribution is 7.99. The molecular weight excluding hydrogens is 586 g/mol. The number of aldehydes is 1. The Morgan fingerprint density at radius 2 is 1.49 bits per heavy atom. The highest BCUT2D eigenvalue weighted by atomic mass is 32.2. The van der Waals surface area contributed by atoms with Gasteiger partial charge in [-0.1, -0.05) is 104 Å². The van der Waals surface area contributed by atoms with Gasteiger partial charge in [0, 0.05) is 36.9 Å². The van der Waals surface area contributed by atoms with E-state index in [4.69, 9.17) is 15.2 Å². The predicted molar refractivity (Wildman–Crippen MR) is 188 cm³/mol. The third kappa shape index (κ3) is 29.3. The molecule has 0 fully saturated rings. The highest BCUT2D eigenvalue weighted by Crippen LogP contribution is 2.18. The van der Waals surface area contributed by atoms with E-state index in [1.54, 1.807) is 12.5 Å². The van der Waals surface area contributed by atoms with Crippen LogP contribution in [0.25, 0.3) is 0 Å². The molecule has 0 aliphatic carbocycles. The van der Waals surface area contributed by atoms with Crippen LogP contribution in [0.15, 0.2) is 18.7 Å². The van der Waals surface area contributed by atoms with Crippen molar-refractivity contribution in [2.75, 3.05) is 24.7 Å². The molecule has 0 saturated carbocycles. The zero-order chi connectivity index (χ0) is 33.2. The molecule has 1 aromatic heterocycles. The molecule has 9 heteroatoms. The van der Waals surface area contributed by atoms with E-state index in [2.05, 4.69) is 18.8 Å². The van der Waals surface area contributed by atoms with Crippen LogP contribution in [0.5, 0.6) is 0 Å². The summed E-state index contributed by atoms with van der Waals surface area (Å²) >= 11 is 1.51. The summed E-state index contributed by atoms with van der Waals surface area (Å²) in [6, 6.07) is 0. The summed E-state index contributed by atoms with van der Waals surface area (Å²) in [7, 11) is 0. The van der Waals surface area contributed by atoms with Crippen molar-refractivity contribution in [2.24, 2.45) is 11.7 Å². The van der Waals surface area contributed by atoms with Gasteiger partial charge in [-0.2, -0.15) is 11.8 Å². The molecule has 1 aromatic rings. The Balaban J connectivity index is 0.00000182. The summed E-state index contributed by atoms with van der Waals surface area (Å²) in [6.45, 7) is 8.61. The Labute approximate surface area is 279 Å². The maximum absolute atomic E-state index is 12.5. The number of thioether (sulfide) groups is 1. The van der Waals surface area contributed by atoms with Gasteiger partial charge in [-0.25, -0.2) is 4.98 Å². The smallest absolute Gasteiger partial charge is 0.310 e. The number of imidazole rings is 1. The second-order valence-electron chi connectivity index (χ2n) is 12.1. The first-order chi connectivity index (χ1) is 22.0. The molecule has 45 heavy (non-hydrogen) atoms. The molecule has 0 bridgehead atoms. The van der Waals surface area contributed by atoms with Gasteiger partial charge in [-0.3, -0.25) is 9.59 Å². The third-order valence-electron chi connectivity index (χ3n) is 7.71. The van der Waals surface area contributed by atoms with Crippen molar-refractivity contribution >= 4 is 30.0 Å². The summed E-state index contributed by atoms with van der Waals surface area (Å²) in [5.74, 6) is 0.166. The Morgan fingerprint density at radius 1 is 0.889 bits per heavy atom. The summed E-state index contributed by atoms with van der Waals surface area (Å²) in [5.41, 5.74) is 5.31. The number of rotatable bonds is 30. The van der Waals surface area contributed by atoms with Crippen molar-refractivity contribution in [3.63, 3.8) is 0 Å². The van der Waals surface area contributed by atoms with Crippen molar-refractivity contribution in [2.45, 2.75) is 162 Å². The number of esters is 2. The first-order valence-corrected chi connectivity index (χ1v) is 19.2. The monoisotopic (exact) mass is 653 g/mol. The Morgan fingerprint density at radius 3 is 2.04 bits per heavy atom. The average molecular weight is 654 g/mol. The summed E-state index contributed by atoms with van der Waals surface area (Å²) in [6.07, 6.45) is 28.4. The lowest BCUT2D eigenvalue weighted by atomic mass is 10.1. The Hall–Kier alpha value is -1.87. The minimum Gasteiger partial charge on any atom is -0.466 e. The Bertz CT molecular complexity index is 794. The van der Waals surface area contributed by atoms with Gasteiger partial charge in [-0.15, -0.1) is 0 Å². The van der Waals surface area contributed by atoms with E-state index in [0.717, 1.165) is 51.5 Å². The quantitative estimate of drug-likeness (QED) is 0.0498. The molecule has 1 heterocycles. The summed E-state index contributed by atoms with van der Waals surface area (Å²) in [5, 5.41) is 0. The van der Waals surface area contributed by atoms with Crippen molar-refractivity contribution in [3.8, 4) is 0 Å². The number of hydrogen-bond donors (Lipinski definition) is 1. The second-order valence-corrected chi connectivity index (χ2v) is 13.2. The van der Waals surface area contributed by atoms with Crippen molar-refractivity contribution in [1.29, 1.82) is 0 Å². The molecule has 0 saturated heterocycles. The van der Waals surface area contributed by atoms with Gasteiger partial charge in [0.25, 0.3) is 0 Å². The van der Waals surface area contributed by atoms with Crippen LogP contribution < -0.4 is 5.73 Å². The van der Waals surface area contributed by atoms with Crippen LogP contribution in [0.2, 0.25) is 0 Å². The normalized spacial score (nSPS) is 12.2. The van der Waals surface area contributed by atoms with Crippen molar-refractivity contribution < 1.29 is 23.9 Å². The zero-order valence-electron chi connectivity index (χ0n) is 29.1. The molecule has 262 valence electrons. The fraction of sp³-hybridized carbons (Fsp3) is 0.833. The van der Waals surface area contributed by atoms with E-state index < -0.39 is 5.92 Å². The van der Waals surface area contributed by atoms with E-state index >= 15 is 0 Å². The average Bonchev–Trinajstić information content (AvgIpc) is 3.56. The molecule has 0 aromatic carbocycles. The second kappa shape index (κ2) is 33.5. The van der Waals surface area contributed by atoms with Crippen LogP contribution in [-0.2, 0) is 30.4 Å². The minimum atomic E-state index is -0.442. The van der Waals surface area contributed by atoms with Gasteiger partial charge in [0.05, 0.1) is 31.4 Å². The standard InChI is InChI=1S/C30H56O5S.C6H11N3/c1-4-6-8-10-12-13-14-15-17-19-24-34-29(32)22-25-36-26-28(21-23-31)30(33)35-27(3)20-18-16-11-9-7-5-2;7-2-1-4-9-5-3-8-6-9/h23,27-28H,4-22,24-26H2,1-3H3;3,5-6H,1-2,4,7H2. The van der Waals surface area contributed by atoms with Gasteiger partial charge in [-0.05, 0) is 39.2 Å². The molecule has 0 aliphatic rings. The number of ether oxygens (including phenoxy) is 2. The Kier molecular flexibility index (Phi) is 32.1. The molecule has 2 atom stereocenters. The maximum Gasteiger partial charge on any atom is 0.310 e. The zero-order valence-corrected chi connectivity index (χ0v) is 29.9. The third-order valence-corrected chi connectivity index (χ3v) is 8.84. The predicted octanol–water partition coefficient (Wildman–Crippen LogP) is 8.69. The number of unbranched alkanes of at least 4 members (excludes halogenated alkanes) is 14. The lowest BCUT2D eigenvalue weighted by molar-refractivity contribution is -0.153. The number of aryl methyl sites for hydroxylation is 1. The topological polar surface area (TPSA) is 114 Å². The summed E-state index contributed by atoms with van der Waals surface area (Å²) in [4.78, 5) is 39.4. The molecule has 0 aliphatic heterocycles. The minimum absolute atomic E-state index is 0.122. The van der Waals surface area contributed by atoms with Crippen LogP contribution in [-0.4, -0.2) is 58.5 Å². The number of nitrogens with two attached hydrogens (primary N) is 1. The van der Waals surface area contributed by atoms with Crippen LogP contribution in [0, 0.1) is 5.92 Å². The van der Waals surface area contributed by atoms with Crippen LogP contribution in [0.1, 0.15) is 149 Å². The number of nitrogens with zero attached hydrogens (tertiary/aromatic N) is 2. The van der Waals surface area contributed by atoms with E-state index in [9.17, 15) is 14.4 Å². The van der Waals surface area contributed by atoms with Crippen LogP contribution >= 0.6 is 11.8 Å². The first kappa shape index (κ1) is 43.1. The number of carbonyl (C=O) groups is 3. The maximum atomic E-state index is 12.5. The van der Waals surface area contributed by atoms with Gasteiger partial charge in [0.15, 0.2) is 0 Å². The fourth-order valence-corrected chi connectivity index (χ4v) is 5.87. The molecule has 0 amide bonds. The first-order valence-electron chi connectivity index (χ1n) is 18.0. The SMILES string of the molecule is CCCCCCCCCCCCOC(=O)CCSCC(CC=O)C(=O)OC(C)CCCCCCCC.NCCCn1ccnc1. The van der Waals surface area contributed by atoms with Gasteiger partial charge < -0.3 is 24.6 Å². The van der Waals surface area contributed by atoms with Crippen LogP contribution in [0.3, 0.4) is 0 Å². The molecule has 0 spiro atoms. The molecule has 1 rings (SSSR count). The van der Waals surface area contributed by atoms with Crippen molar-refractivity contribution in [3.05, 3.63) is 18.7 Å². The lowest BCUT2D eigenvalue weighted by Crippen LogP contribution is -2.25. The van der Waals surface area contributed by atoms with E-state index in [-0.39, 0.29) is 24.5 Å². The van der Waals surface area contributed by atoms with E-state index in [1.807, 2.05) is 17.7 Å². The number of hydrogen-bond acceptors (Lipinski definition) is 8. The van der Waals surface area contributed by atoms with Crippen molar-refractivity contribution in [1.82, 2.24) is 9.55 Å². The van der Waals surface area contributed by atoms with E-state index in [1.165, 1.54) is 95.2 Å². The molecular formula is C36H67N3O5S. The van der Waals surface area contributed by atoms with Gasteiger partial charge >= 0.3 is 11.9 Å². The fourth-order valence-electron chi connectivity index (χ4n) is 4.84.